The van der Waals surface area contributed by atoms with Crippen molar-refractivity contribution in [1.29, 1.82) is 0 Å². The third-order valence-corrected chi connectivity index (χ3v) is 6.69. The highest BCUT2D eigenvalue weighted by molar-refractivity contribution is 9.09. The molecule has 1 aliphatic carbocycles. The quantitative estimate of drug-likeness (QED) is 0.574. The molecule has 0 bridgehead atoms. The molecule has 1 atom stereocenters. The fraction of sp³-hybridized carbons (Fsp3) is 0.278. The van der Waals surface area contributed by atoms with Crippen molar-refractivity contribution in [2.75, 3.05) is 0 Å². The second kappa shape index (κ2) is 5.22. The van der Waals surface area contributed by atoms with Gasteiger partial charge in [0.25, 0.3) is 0 Å². The largest absolute Gasteiger partial charge is 0.241 e. The topological polar surface area (TPSA) is 12.9 Å². The minimum absolute atomic E-state index is 0.319. The van der Waals surface area contributed by atoms with Crippen molar-refractivity contribution in [1.82, 2.24) is 4.98 Å². The predicted octanol–water partition coefficient (Wildman–Crippen LogP) is 5.33. The minimum Gasteiger partial charge on any atom is -0.241 e. The van der Waals surface area contributed by atoms with E-state index in [4.69, 9.17) is 4.98 Å². The van der Waals surface area contributed by atoms with Gasteiger partial charge in [-0.1, -0.05) is 58.4 Å². The maximum Gasteiger partial charge on any atom is 0.0950 e. The van der Waals surface area contributed by atoms with E-state index in [-0.39, 0.29) is 0 Å². The van der Waals surface area contributed by atoms with E-state index in [1.54, 1.807) is 0 Å². The molecule has 21 heavy (non-hydrogen) atoms. The lowest BCUT2D eigenvalue weighted by molar-refractivity contribution is 0.646. The fourth-order valence-electron chi connectivity index (χ4n) is 3.04. The lowest BCUT2D eigenvalue weighted by Crippen LogP contribution is -2.22. The molecule has 0 aliphatic heterocycles. The van der Waals surface area contributed by atoms with Gasteiger partial charge in [0.1, 0.15) is 0 Å². The maximum absolute atomic E-state index is 4.78. The van der Waals surface area contributed by atoms with Crippen LogP contribution in [0.25, 0.3) is 10.2 Å². The third kappa shape index (κ3) is 2.43. The van der Waals surface area contributed by atoms with E-state index >= 15 is 0 Å². The first-order valence-corrected chi connectivity index (χ1v) is 9.05. The molecule has 0 radical (unpaired) electrons. The summed E-state index contributed by atoms with van der Waals surface area (Å²) in [6, 6.07) is 19.3. The number of nitrogens with zero attached hydrogens (tertiary/aromatic N) is 1. The number of para-hydroxylation sites is 1. The number of hydrogen-bond donors (Lipinski definition) is 0. The summed E-state index contributed by atoms with van der Waals surface area (Å²) >= 11 is 5.78. The van der Waals surface area contributed by atoms with Crippen LogP contribution in [0.15, 0.2) is 54.6 Å². The van der Waals surface area contributed by atoms with E-state index in [0.29, 0.717) is 10.2 Å². The van der Waals surface area contributed by atoms with E-state index in [0.717, 1.165) is 11.9 Å². The Morgan fingerprint density at radius 3 is 2.48 bits per heavy atom. The zero-order chi connectivity index (χ0) is 14.3. The molecule has 4 rings (SSSR count). The summed E-state index contributed by atoms with van der Waals surface area (Å²) in [5, 5.41) is 1.24. The summed E-state index contributed by atoms with van der Waals surface area (Å²) in [5.41, 5.74) is 2.91. The molecule has 1 nitrogen and oxygen atoms in total. The van der Waals surface area contributed by atoms with Crippen molar-refractivity contribution in [3.8, 4) is 0 Å². The van der Waals surface area contributed by atoms with E-state index in [2.05, 4.69) is 70.5 Å². The number of fused-ring (bicyclic) bond motifs is 1. The number of thiazole rings is 1. The van der Waals surface area contributed by atoms with Gasteiger partial charge in [-0.25, -0.2) is 4.98 Å². The maximum atomic E-state index is 4.78. The highest BCUT2D eigenvalue weighted by atomic mass is 79.9. The van der Waals surface area contributed by atoms with Gasteiger partial charge in [0.05, 0.1) is 15.2 Å². The van der Waals surface area contributed by atoms with E-state index in [1.165, 1.54) is 28.1 Å². The normalized spacial score (nSPS) is 17.8. The molecule has 1 aromatic heterocycles. The fourth-order valence-corrected chi connectivity index (χ4v) is 5.30. The monoisotopic (exact) mass is 357 g/mol. The predicted molar refractivity (Wildman–Crippen MR) is 93.4 cm³/mol. The van der Waals surface area contributed by atoms with Gasteiger partial charge in [-0.05, 0) is 30.5 Å². The first-order chi connectivity index (χ1) is 10.3. The molecule has 0 spiro atoms. The van der Waals surface area contributed by atoms with Crippen molar-refractivity contribution < 1.29 is 0 Å². The van der Waals surface area contributed by atoms with Gasteiger partial charge in [-0.2, -0.15) is 0 Å². The molecule has 1 fully saturated rings. The van der Waals surface area contributed by atoms with Gasteiger partial charge < -0.3 is 0 Å². The smallest absolute Gasteiger partial charge is 0.0950 e. The van der Waals surface area contributed by atoms with Crippen LogP contribution in [-0.4, -0.2) is 9.81 Å². The van der Waals surface area contributed by atoms with Crippen molar-refractivity contribution in [2.45, 2.75) is 29.5 Å². The molecule has 2 aromatic carbocycles. The molecule has 1 heterocycles. The van der Waals surface area contributed by atoms with Gasteiger partial charge in [0, 0.05) is 16.7 Å². The van der Waals surface area contributed by atoms with Crippen LogP contribution in [0, 0.1) is 0 Å². The van der Waals surface area contributed by atoms with Crippen molar-refractivity contribution in [2.24, 2.45) is 0 Å². The average Bonchev–Trinajstić information content (AvgIpc) is 3.23. The zero-order valence-corrected chi connectivity index (χ0v) is 14.0. The second-order valence-electron chi connectivity index (χ2n) is 5.77. The van der Waals surface area contributed by atoms with Gasteiger partial charge in [-0.3, -0.25) is 0 Å². The van der Waals surface area contributed by atoms with Crippen LogP contribution in [0.2, 0.25) is 0 Å². The lowest BCUT2D eigenvalue weighted by atomic mass is 9.91. The number of hydrogen-bond acceptors (Lipinski definition) is 2. The van der Waals surface area contributed by atoms with Gasteiger partial charge in [0.2, 0.25) is 0 Å². The Kier molecular flexibility index (Phi) is 3.35. The van der Waals surface area contributed by atoms with E-state index < -0.39 is 0 Å². The Labute approximate surface area is 137 Å². The van der Waals surface area contributed by atoms with Crippen molar-refractivity contribution >= 4 is 37.5 Å². The molecule has 1 unspecified atom stereocenters. The Bertz CT molecular complexity index is 728. The molecule has 1 aliphatic rings. The first-order valence-electron chi connectivity index (χ1n) is 7.32. The SMILES string of the molecule is BrC(Cc1nc2ccccc2s1)C1(c2ccccc2)CC1. The molecule has 1 saturated carbocycles. The number of rotatable bonds is 4. The summed E-state index contributed by atoms with van der Waals surface area (Å²) in [6.45, 7) is 0. The number of benzene rings is 2. The molecule has 3 aromatic rings. The summed E-state index contributed by atoms with van der Waals surface area (Å²) in [6.07, 6.45) is 3.56. The highest BCUT2D eigenvalue weighted by Gasteiger charge is 2.49. The Hall–Kier alpha value is -1.19. The standard InChI is InChI=1S/C18H16BrNS/c19-16(18(10-11-18)13-6-2-1-3-7-13)12-17-20-14-8-4-5-9-15(14)21-17/h1-9,16H,10-12H2. The van der Waals surface area contributed by atoms with Crippen LogP contribution in [0.5, 0.6) is 0 Å². The highest BCUT2D eigenvalue weighted by Crippen LogP contribution is 2.54. The molecular weight excluding hydrogens is 342 g/mol. The average molecular weight is 358 g/mol. The minimum atomic E-state index is 0.319. The summed E-state index contributed by atoms with van der Waals surface area (Å²) in [5.74, 6) is 0. The first kappa shape index (κ1) is 13.5. The molecule has 0 N–H and O–H groups in total. The van der Waals surface area contributed by atoms with Crippen LogP contribution in [0.3, 0.4) is 0 Å². The molecule has 3 heteroatoms. The molecule has 0 amide bonds. The Morgan fingerprint density at radius 1 is 1.05 bits per heavy atom. The van der Waals surface area contributed by atoms with E-state index in [1.807, 2.05) is 11.3 Å². The summed E-state index contributed by atoms with van der Waals surface area (Å²) < 4.78 is 1.29. The van der Waals surface area contributed by atoms with Crippen LogP contribution in [-0.2, 0) is 11.8 Å². The third-order valence-electron chi connectivity index (χ3n) is 4.43. The second-order valence-corrected chi connectivity index (χ2v) is 7.99. The van der Waals surface area contributed by atoms with Crippen LogP contribution in [0.1, 0.15) is 23.4 Å². The molecule has 106 valence electrons. The van der Waals surface area contributed by atoms with Gasteiger partial charge in [0.15, 0.2) is 0 Å². The number of halogens is 1. The van der Waals surface area contributed by atoms with Crippen molar-refractivity contribution in [3.63, 3.8) is 0 Å². The van der Waals surface area contributed by atoms with Crippen LogP contribution in [0.4, 0.5) is 0 Å². The van der Waals surface area contributed by atoms with Crippen LogP contribution < -0.4 is 0 Å². The van der Waals surface area contributed by atoms with Gasteiger partial charge in [-0.15, -0.1) is 11.3 Å². The van der Waals surface area contributed by atoms with Gasteiger partial charge >= 0.3 is 0 Å². The van der Waals surface area contributed by atoms with Crippen LogP contribution >= 0.6 is 27.3 Å². The van der Waals surface area contributed by atoms with E-state index in [9.17, 15) is 0 Å². The molecular formula is C18H16BrNS. The summed E-state index contributed by atoms with van der Waals surface area (Å²) in [7, 11) is 0. The molecule has 0 saturated heterocycles. The Morgan fingerprint density at radius 2 is 1.76 bits per heavy atom. The van der Waals surface area contributed by atoms with Crippen molar-refractivity contribution in [3.05, 3.63) is 65.2 Å². The number of alkyl halides is 1. The summed E-state index contributed by atoms with van der Waals surface area (Å²) in [4.78, 5) is 5.24. The lowest BCUT2D eigenvalue weighted by Gasteiger charge is -2.21. The number of aromatic nitrogens is 1. The Balaban J connectivity index is 1.59. The zero-order valence-electron chi connectivity index (χ0n) is 11.6.